The fourth-order valence-corrected chi connectivity index (χ4v) is 2.82. The number of benzene rings is 2. The lowest BCUT2D eigenvalue weighted by molar-refractivity contribution is 0.780. The number of aromatic nitrogens is 1. The van der Waals surface area contributed by atoms with E-state index in [9.17, 15) is 0 Å². The fraction of sp³-hybridized carbons (Fsp3) is 0.158. The fourth-order valence-electron chi connectivity index (χ4n) is 2.60. The Morgan fingerprint density at radius 2 is 1.74 bits per heavy atom. The molecule has 3 aromatic rings. The van der Waals surface area contributed by atoms with Crippen molar-refractivity contribution in [1.29, 1.82) is 0 Å². The van der Waals surface area contributed by atoms with Crippen LogP contribution in [-0.2, 0) is 6.42 Å². The number of hydrogen-bond acceptors (Lipinski definition) is 2. The summed E-state index contributed by atoms with van der Waals surface area (Å²) in [6.07, 6.45) is 5.55. The quantitative estimate of drug-likeness (QED) is 0.547. The molecule has 3 rings (SSSR count). The van der Waals surface area contributed by atoms with Crippen molar-refractivity contribution >= 4 is 33.8 Å². The van der Waals surface area contributed by atoms with E-state index in [1.54, 1.807) is 12.4 Å². The predicted octanol–water partition coefficient (Wildman–Crippen LogP) is 4.15. The van der Waals surface area contributed by atoms with Crippen LogP contribution in [0, 0.1) is 0 Å². The van der Waals surface area contributed by atoms with Crippen LogP contribution >= 0.6 is 12.2 Å². The van der Waals surface area contributed by atoms with Crippen LogP contribution in [0.15, 0.2) is 67.0 Å². The number of fused-ring (bicyclic) bond motifs is 1. The maximum Gasteiger partial charge on any atom is 0.170 e. The molecule has 1 aromatic heterocycles. The Morgan fingerprint density at radius 3 is 2.61 bits per heavy atom. The molecule has 0 aliphatic carbocycles. The van der Waals surface area contributed by atoms with Crippen molar-refractivity contribution in [3.63, 3.8) is 0 Å². The summed E-state index contributed by atoms with van der Waals surface area (Å²) in [5.41, 5.74) is 2.34. The van der Waals surface area contributed by atoms with E-state index in [-0.39, 0.29) is 0 Å². The second-order valence-corrected chi connectivity index (χ2v) is 5.77. The number of nitrogens with one attached hydrogen (secondary N) is 2. The van der Waals surface area contributed by atoms with Crippen molar-refractivity contribution in [2.24, 2.45) is 0 Å². The first-order valence-corrected chi connectivity index (χ1v) is 8.15. The summed E-state index contributed by atoms with van der Waals surface area (Å²) in [5.74, 6) is 0. The van der Waals surface area contributed by atoms with Gasteiger partial charge in [-0.25, -0.2) is 0 Å². The number of hydrogen-bond donors (Lipinski definition) is 2. The van der Waals surface area contributed by atoms with Gasteiger partial charge in [0.25, 0.3) is 0 Å². The Labute approximate surface area is 141 Å². The molecule has 0 amide bonds. The first-order valence-electron chi connectivity index (χ1n) is 7.74. The zero-order valence-corrected chi connectivity index (χ0v) is 13.6. The first-order chi connectivity index (χ1) is 11.3. The van der Waals surface area contributed by atoms with Gasteiger partial charge in [-0.05, 0) is 53.5 Å². The van der Waals surface area contributed by atoms with Gasteiger partial charge < -0.3 is 10.6 Å². The summed E-state index contributed by atoms with van der Waals surface area (Å²) in [4.78, 5) is 3.98. The summed E-state index contributed by atoms with van der Waals surface area (Å²) < 4.78 is 0. The molecule has 0 saturated carbocycles. The molecule has 0 radical (unpaired) electrons. The minimum atomic E-state index is 0.647. The van der Waals surface area contributed by atoms with Crippen LogP contribution in [0.2, 0.25) is 0 Å². The number of thiocarbonyl (C=S) groups is 1. The molecule has 4 heteroatoms. The highest BCUT2D eigenvalue weighted by Crippen LogP contribution is 2.19. The van der Waals surface area contributed by atoms with Gasteiger partial charge in [0, 0.05) is 24.6 Å². The van der Waals surface area contributed by atoms with E-state index in [2.05, 4.69) is 58.1 Å². The van der Waals surface area contributed by atoms with Gasteiger partial charge in [-0.1, -0.05) is 42.5 Å². The average Bonchev–Trinajstić information content (AvgIpc) is 2.60. The van der Waals surface area contributed by atoms with E-state index in [4.69, 9.17) is 12.2 Å². The lowest BCUT2D eigenvalue weighted by Crippen LogP contribution is -2.29. The molecular formula is C19H19N3S. The lowest BCUT2D eigenvalue weighted by Gasteiger charge is -2.11. The molecule has 3 nitrogen and oxygen atoms in total. The molecule has 0 bridgehead atoms. The zero-order valence-electron chi connectivity index (χ0n) is 12.8. The summed E-state index contributed by atoms with van der Waals surface area (Å²) in [6.45, 7) is 0.847. The molecular weight excluding hydrogens is 302 g/mol. The highest BCUT2D eigenvalue weighted by atomic mass is 32.1. The van der Waals surface area contributed by atoms with Crippen molar-refractivity contribution in [2.75, 3.05) is 11.9 Å². The van der Waals surface area contributed by atoms with E-state index in [0.29, 0.717) is 5.11 Å². The molecule has 0 saturated heterocycles. The molecule has 0 atom stereocenters. The second kappa shape index (κ2) is 7.70. The second-order valence-electron chi connectivity index (χ2n) is 5.36. The molecule has 2 N–H and O–H groups in total. The maximum atomic E-state index is 5.30. The van der Waals surface area contributed by atoms with Gasteiger partial charge >= 0.3 is 0 Å². The van der Waals surface area contributed by atoms with Crippen molar-refractivity contribution < 1.29 is 0 Å². The number of rotatable bonds is 5. The summed E-state index contributed by atoms with van der Waals surface area (Å²) in [7, 11) is 0. The van der Waals surface area contributed by atoms with Crippen LogP contribution in [0.4, 0.5) is 5.69 Å². The third kappa shape index (κ3) is 4.27. The van der Waals surface area contributed by atoms with Crippen molar-refractivity contribution in [3.05, 3.63) is 72.6 Å². The molecule has 0 aliphatic heterocycles. The number of nitrogens with zero attached hydrogens (tertiary/aromatic N) is 1. The van der Waals surface area contributed by atoms with Crippen LogP contribution in [0.3, 0.4) is 0 Å². The minimum absolute atomic E-state index is 0.647. The maximum absolute atomic E-state index is 5.30. The van der Waals surface area contributed by atoms with E-state index in [1.807, 2.05) is 12.1 Å². The smallest absolute Gasteiger partial charge is 0.170 e. The van der Waals surface area contributed by atoms with Gasteiger partial charge in [-0.3, -0.25) is 4.98 Å². The van der Waals surface area contributed by atoms with Gasteiger partial charge in [0.15, 0.2) is 5.11 Å². The van der Waals surface area contributed by atoms with Crippen LogP contribution < -0.4 is 10.6 Å². The Morgan fingerprint density at radius 1 is 0.957 bits per heavy atom. The van der Waals surface area contributed by atoms with Crippen LogP contribution in [-0.4, -0.2) is 16.6 Å². The summed E-state index contributed by atoms with van der Waals surface area (Å²) >= 11 is 5.30. The monoisotopic (exact) mass is 321 g/mol. The highest BCUT2D eigenvalue weighted by molar-refractivity contribution is 7.80. The average molecular weight is 321 g/mol. The normalized spacial score (nSPS) is 10.4. The third-order valence-electron chi connectivity index (χ3n) is 3.73. The lowest BCUT2D eigenvalue weighted by atomic mass is 10.0. The molecule has 2 aromatic carbocycles. The van der Waals surface area contributed by atoms with Crippen LogP contribution in [0.1, 0.15) is 12.0 Å². The van der Waals surface area contributed by atoms with Gasteiger partial charge in [0.05, 0.1) is 0 Å². The van der Waals surface area contributed by atoms with Crippen molar-refractivity contribution in [1.82, 2.24) is 10.3 Å². The SMILES string of the molecule is S=C(NCCCc1cccc2ccccc12)Nc1ccncc1. The third-order valence-corrected chi connectivity index (χ3v) is 3.97. The van der Waals surface area contributed by atoms with E-state index in [1.165, 1.54) is 16.3 Å². The van der Waals surface area contributed by atoms with Gasteiger partial charge in [0.2, 0.25) is 0 Å². The van der Waals surface area contributed by atoms with Crippen LogP contribution in [0.25, 0.3) is 10.8 Å². The number of pyridine rings is 1. The Kier molecular flexibility index (Phi) is 5.17. The summed E-state index contributed by atoms with van der Waals surface area (Å²) in [5, 5.41) is 9.69. The zero-order chi connectivity index (χ0) is 15.9. The van der Waals surface area contributed by atoms with Gasteiger partial charge in [-0.15, -0.1) is 0 Å². The first kappa shape index (κ1) is 15.4. The molecule has 0 aliphatic rings. The predicted molar refractivity (Wildman–Crippen MR) is 101 cm³/mol. The molecule has 1 heterocycles. The Hall–Kier alpha value is -2.46. The standard InChI is InChI=1S/C19H19N3S/c23-19(22-17-10-13-20-14-11-17)21-12-4-8-16-7-3-6-15-5-1-2-9-18(15)16/h1-3,5-7,9-11,13-14H,4,8,12H2,(H2,20,21,22,23). The van der Waals surface area contributed by atoms with Crippen molar-refractivity contribution in [2.45, 2.75) is 12.8 Å². The van der Waals surface area contributed by atoms with E-state index >= 15 is 0 Å². The topological polar surface area (TPSA) is 37.0 Å². The van der Waals surface area contributed by atoms with Gasteiger partial charge in [0.1, 0.15) is 0 Å². The largest absolute Gasteiger partial charge is 0.362 e. The molecule has 116 valence electrons. The van der Waals surface area contributed by atoms with Crippen molar-refractivity contribution in [3.8, 4) is 0 Å². The molecule has 0 spiro atoms. The Bertz CT molecular complexity index is 781. The van der Waals surface area contributed by atoms with Crippen LogP contribution in [0.5, 0.6) is 0 Å². The van der Waals surface area contributed by atoms with Gasteiger partial charge in [-0.2, -0.15) is 0 Å². The Balaban J connectivity index is 1.49. The molecule has 23 heavy (non-hydrogen) atoms. The molecule has 0 fully saturated rings. The van der Waals surface area contributed by atoms with E-state index in [0.717, 1.165) is 25.1 Å². The number of aryl methyl sites for hydroxylation is 1. The van der Waals surface area contributed by atoms with E-state index < -0.39 is 0 Å². The minimum Gasteiger partial charge on any atom is -0.362 e. The highest BCUT2D eigenvalue weighted by Gasteiger charge is 2.01. The summed E-state index contributed by atoms with van der Waals surface area (Å²) in [6, 6.07) is 18.8. The molecule has 0 unspecified atom stereocenters. The number of anilines is 1.